The van der Waals surface area contributed by atoms with Gasteiger partial charge >= 0.3 is 5.97 Å². The number of hydrogen-bond donors (Lipinski definition) is 3. The average Bonchev–Trinajstić information content (AvgIpc) is 3.29. The third kappa shape index (κ3) is 3.63. The van der Waals surface area contributed by atoms with Crippen molar-refractivity contribution in [3.8, 4) is 0 Å². The van der Waals surface area contributed by atoms with Crippen LogP contribution in [0, 0.1) is 0 Å². The standard InChI is InChI=1S/C19H16Cl2N2O4S/c20-16-17-14(28-18(16)21)6-13(22-17)19(26)23-12-5-9-3-1-2-4-10(9)11(12)7-27-8-15(24)25/h1-4,6,11-12,22H,5,7-8H2,(H,23,26)(H,24,25)/t11-,12-/m1/s1. The Hall–Kier alpha value is -2.06. The normalized spacial score (nSPS) is 18.4. The molecule has 0 radical (unpaired) electrons. The Kier molecular flexibility index (Phi) is 5.33. The van der Waals surface area contributed by atoms with E-state index in [0.717, 1.165) is 15.8 Å². The van der Waals surface area contributed by atoms with Crippen LogP contribution in [0.15, 0.2) is 30.3 Å². The Morgan fingerprint density at radius 1 is 1.32 bits per heavy atom. The number of hydrogen-bond acceptors (Lipinski definition) is 4. The summed E-state index contributed by atoms with van der Waals surface area (Å²) in [5, 5.41) is 12.3. The van der Waals surface area contributed by atoms with Crippen LogP contribution in [0.4, 0.5) is 0 Å². The van der Waals surface area contributed by atoms with Gasteiger partial charge in [0.05, 0.1) is 21.8 Å². The maximum atomic E-state index is 12.8. The number of benzene rings is 1. The zero-order valence-corrected chi connectivity index (χ0v) is 16.8. The lowest BCUT2D eigenvalue weighted by atomic mass is 9.99. The summed E-state index contributed by atoms with van der Waals surface area (Å²) < 4.78 is 6.63. The fourth-order valence-corrected chi connectivity index (χ4v) is 5.08. The highest BCUT2D eigenvalue weighted by Gasteiger charge is 2.34. The molecule has 2 heterocycles. The van der Waals surface area contributed by atoms with Crippen molar-refractivity contribution < 1.29 is 19.4 Å². The zero-order chi connectivity index (χ0) is 19.8. The summed E-state index contributed by atoms with van der Waals surface area (Å²) >= 11 is 13.5. The summed E-state index contributed by atoms with van der Waals surface area (Å²) in [4.78, 5) is 26.6. The second kappa shape index (κ2) is 7.75. The number of aromatic amines is 1. The van der Waals surface area contributed by atoms with Gasteiger partial charge in [0.1, 0.15) is 16.6 Å². The first-order valence-electron chi connectivity index (χ1n) is 8.58. The van der Waals surface area contributed by atoms with Crippen LogP contribution in [0.5, 0.6) is 0 Å². The number of thiophene rings is 1. The van der Waals surface area contributed by atoms with E-state index in [0.29, 0.717) is 27.0 Å². The number of aromatic nitrogens is 1. The molecule has 4 rings (SSSR count). The van der Waals surface area contributed by atoms with E-state index in [4.69, 9.17) is 33.0 Å². The van der Waals surface area contributed by atoms with Gasteiger partial charge in [0.15, 0.2) is 0 Å². The molecule has 0 spiro atoms. The van der Waals surface area contributed by atoms with Gasteiger partial charge in [-0.2, -0.15) is 0 Å². The molecule has 0 bridgehead atoms. The van der Waals surface area contributed by atoms with Crippen LogP contribution in [-0.2, 0) is 16.0 Å². The number of carboxylic acids is 1. The molecule has 28 heavy (non-hydrogen) atoms. The molecular weight excluding hydrogens is 423 g/mol. The van der Waals surface area contributed by atoms with Gasteiger partial charge in [-0.3, -0.25) is 4.79 Å². The van der Waals surface area contributed by atoms with E-state index < -0.39 is 5.97 Å². The van der Waals surface area contributed by atoms with E-state index in [1.165, 1.54) is 11.3 Å². The van der Waals surface area contributed by atoms with Crippen molar-refractivity contribution in [3.05, 3.63) is 56.5 Å². The minimum absolute atomic E-state index is 0.117. The molecule has 0 saturated carbocycles. The molecule has 3 aromatic rings. The Morgan fingerprint density at radius 3 is 2.86 bits per heavy atom. The molecule has 0 saturated heterocycles. The van der Waals surface area contributed by atoms with Crippen molar-refractivity contribution in [2.75, 3.05) is 13.2 Å². The van der Waals surface area contributed by atoms with E-state index >= 15 is 0 Å². The monoisotopic (exact) mass is 438 g/mol. The number of rotatable bonds is 6. The molecule has 1 aliphatic rings. The van der Waals surface area contributed by atoms with Crippen LogP contribution in [-0.4, -0.2) is 41.2 Å². The maximum Gasteiger partial charge on any atom is 0.329 e. The van der Waals surface area contributed by atoms with Crippen molar-refractivity contribution >= 4 is 56.6 Å². The SMILES string of the molecule is O=C(O)COC[C@@H]1c2ccccc2C[C@H]1NC(=O)c1cc2sc(Cl)c(Cl)c2[nH]1. The van der Waals surface area contributed by atoms with Gasteiger partial charge in [-0.15, -0.1) is 11.3 Å². The quantitative estimate of drug-likeness (QED) is 0.540. The lowest BCUT2D eigenvalue weighted by molar-refractivity contribution is -0.142. The van der Waals surface area contributed by atoms with Crippen molar-refractivity contribution in [2.45, 2.75) is 18.4 Å². The molecule has 0 unspecified atom stereocenters. The van der Waals surface area contributed by atoms with E-state index in [1.54, 1.807) is 6.07 Å². The lowest BCUT2D eigenvalue weighted by Crippen LogP contribution is -2.39. The molecule has 2 aromatic heterocycles. The van der Waals surface area contributed by atoms with Gasteiger partial charge in [-0.1, -0.05) is 47.5 Å². The van der Waals surface area contributed by atoms with E-state index in [1.807, 2.05) is 24.3 Å². The van der Waals surface area contributed by atoms with Crippen LogP contribution in [0.25, 0.3) is 10.2 Å². The second-order valence-corrected chi connectivity index (χ2v) is 8.64. The fraction of sp³-hybridized carbons (Fsp3) is 0.263. The van der Waals surface area contributed by atoms with Gasteiger partial charge in [0.2, 0.25) is 0 Å². The largest absolute Gasteiger partial charge is 0.480 e. The number of carboxylic acid groups (broad SMARTS) is 1. The maximum absolute atomic E-state index is 12.8. The first kappa shape index (κ1) is 19.3. The summed E-state index contributed by atoms with van der Waals surface area (Å²) in [5.41, 5.74) is 3.25. The minimum Gasteiger partial charge on any atom is -0.480 e. The number of halogens is 2. The van der Waals surface area contributed by atoms with Crippen molar-refractivity contribution in [3.63, 3.8) is 0 Å². The summed E-state index contributed by atoms with van der Waals surface area (Å²) in [6.07, 6.45) is 0.657. The number of nitrogens with one attached hydrogen (secondary N) is 2. The number of carbonyl (C=O) groups excluding carboxylic acids is 1. The average molecular weight is 439 g/mol. The first-order valence-corrected chi connectivity index (χ1v) is 10.2. The minimum atomic E-state index is -1.02. The molecule has 1 aliphatic carbocycles. The summed E-state index contributed by atoms with van der Waals surface area (Å²) in [6.45, 7) is -0.152. The first-order chi connectivity index (χ1) is 13.4. The predicted octanol–water partition coefficient (Wildman–Crippen LogP) is 4.08. The molecule has 0 fully saturated rings. The highest BCUT2D eigenvalue weighted by Crippen LogP contribution is 2.39. The Balaban J connectivity index is 1.52. The molecular formula is C19H16Cl2N2O4S. The van der Waals surface area contributed by atoms with E-state index in [9.17, 15) is 9.59 Å². The molecule has 0 aliphatic heterocycles. The predicted molar refractivity (Wildman–Crippen MR) is 109 cm³/mol. The number of carbonyl (C=O) groups is 2. The fourth-order valence-electron chi connectivity index (χ4n) is 3.60. The third-order valence-electron chi connectivity index (χ3n) is 4.84. The Bertz CT molecular complexity index is 1060. The van der Waals surface area contributed by atoms with Gasteiger partial charge < -0.3 is 20.1 Å². The zero-order valence-electron chi connectivity index (χ0n) is 14.5. The van der Waals surface area contributed by atoms with Gasteiger partial charge in [0, 0.05) is 12.0 Å². The van der Waals surface area contributed by atoms with Crippen LogP contribution in [0.3, 0.4) is 0 Å². The van der Waals surface area contributed by atoms with Crippen LogP contribution in [0.1, 0.15) is 27.5 Å². The van der Waals surface area contributed by atoms with Crippen molar-refractivity contribution in [1.29, 1.82) is 0 Å². The number of H-pyrrole nitrogens is 1. The van der Waals surface area contributed by atoms with Crippen LogP contribution >= 0.6 is 34.5 Å². The van der Waals surface area contributed by atoms with Crippen LogP contribution < -0.4 is 5.32 Å². The summed E-state index contributed by atoms with van der Waals surface area (Å²) in [6, 6.07) is 9.41. The molecule has 3 N–H and O–H groups in total. The molecule has 2 atom stereocenters. The van der Waals surface area contributed by atoms with Gasteiger partial charge in [0.25, 0.3) is 5.91 Å². The Labute approximate surface area is 174 Å². The number of ether oxygens (including phenoxy) is 1. The lowest BCUT2D eigenvalue weighted by Gasteiger charge is -2.21. The molecule has 1 aromatic carbocycles. The third-order valence-corrected chi connectivity index (χ3v) is 6.77. The van der Waals surface area contributed by atoms with Gasteiger partial charge in [-0.25, -0.2) is 4.79 Å². The topological polar surface area (TPSA) is 91.4 Å². The second-order valence-electron chi connectivity index (χ2n) is 6.61. The number of aliphatic carboxylic acids is 1. The molecule has 146 valence electrons. The van der Waals surface area contributed by atoms with Crippen molar-refractivity contribution in [1.82, 2.24) is 10.3 Å². The van der Waals surface area contributed by atoms with E-state index in [-0.39, 0.29) is 31.1 Å². The summed E-state index contributed by atoms with van der Waals surface area (Å²) in [7, 11) is 0. The number of fused-ring (bicyclic) bond motifs is 2. The summed E-state index contributed by atoms with van der Waals surface area (Å²) in [5.74, 6) is -1.39. The molecule has 1 amide bonds. The molecule has 6 nitrogen and oxygen atoms in total. The van der Waals surface area contributed by atoms with E-state index in [2.05, 4.69) is 10.3 Å². The number of amides is 1. The van der Waals surface area contributed by atoms with Crippen molar-refractivity contribution in [2.24, 2.45) is 0 Å². The van der Waals surface area contributed by atoms with Crippen LogP contribution in [0.2, 0.25) is 9.36 Å². The smallest absolute Gasteiger partial charge is 0.329 e. The highest BCUT2D eigenvalue weighted by atomic mass is 35.5. The Morgan fingerprint density at radius 2 is 2.11 bits per heavy atom. The van der Waals surface area contributed by atoms with Gasteiger partial charge in [-0.05, 0) is 23.6 Å². The highest BCUT2D eigenvalue weighted by molar-refractivity contribution is 7.23. The molecule has 9 heteroatoms.